The van der Waals surface area contributed by atoms with E-state index in [4.69, 9.17) is 9.47 Å². The summed E-state index contributed by atoms with van der Waals surface area (Å²) in [6.45, 7) is 9.34. The number of hydrogen-bond donors (Lipinski definition) is 0. The fourth-order valence-corrected chi connectivity index (χ4v) is 2.27. The highest BCUT2D eigenvalue weighted by atomic mass is 16.5. The van der Waals surface area contributed by atoms with Crippen LogP contribution in [0.15, 0.2) is 0 Å². The maximum atomic E-state index is 5.99. The van der Waals surface area contributed by atoms with E-state index in [2.05, 4.69) is 20.8 Å². The zero-order chi connectivity index (χ0) is 14.9. The molecule has 0 bridgehead atoms. The molecule has 122 valence electrons. The van der Waals surface area contributed by atoms with E-state index in [9.17, 15) is 0 Å². The summed E-state index contributed by atoms with van der Waals surface area (Å²) in [5, 5.41) is 0. The highest BCUT2D eigenvalue weighted by Crippen LogP contribution is 2.09. The van der Waals surface area contributed by atoms with E-state index in [1.165, 1.54) is 64.2 Å². The second-order valence-electron chi connectivity index (χ2n) is 5.83. The Balaban J connectivity index is 3.56. The molecule has 0 aliphatic carbocycles. The van der Waals surface area contributed by atoms with Gasteiger partial charge in [-0.05, 0) is 19.3 Å². The standard InChI is InChI=1S/C18H38O2/c1-4-7-10-12-15-19-17-18(14-9-6-3)20-16-13-11-8-5-2/h18H,4-17H2,1-3H3. The molecule has 0 aromatic rings. The van der Waals surface area contributed by atoms with Gasteiger partial charge in [-0.3, -0.25) is 0 Å². The molecule has 0 aromatic heterocycles. The zero-order valence-electron chi connectivity index (χ0n) is 14.3. The summed E-state index contributed by atoms with van der Waals surface area (Å²) in [6.07, 6.45) is 14.2. The van der Waals surface area contributed by atoms with E-state index in [1.54, 1.807) is 0 Å². The van der Waals surface area contributed by atoms with Crippen molar-refractivity contribution in [1.29, 1.82) is 0 Å². The minimum absolute atomic E-state index is 0.322. The molecule has 0 fully saturated rings. The van der Waals surface area contributed by atoms with Crippen LogP contribution in [-0.4, -0.2) is 25.9 Å². The van der Waals surface area contributed by atoms with Crippen LogP contribution in [0.2, 0.25) is 0 Å². The van der Waals surface area contributed by atoms with Crippen molar-refractivity contribution in [1.82, 2.24) is 0 Å². The molecule has 0 saturated carbocycles. The Bertz CT molecular complexity index is 171. The van der Waals surface area contributed by atoms with Crippen LogP contribution < -0.4 is 0 Å². The lowest BCUT2D eigenvalue weighted by molar-refractivity contribution is -0.0232. The summed E-state index contributed by atoms with van der Waals surface area (Å²) in [5.41, 5.74) is 0. The van der Waals surface area contributed by atoms with Gasteiger partial charge in [-0.2, -0.15) is 0 Å². The molecule has 0 aliphatic heterocycles. The Kier molecular flexibility index (Phi) is 16.9. The van der Waals surface area contributed by atoms with Gasteiger partial charge in [-0.25, -0.2) is 0 Å². The Morgan fingerprint density at radius 1 is 0.650 bits per heavy atom. The average molecular weight is 286 g/mol. The van der Waals surface area contributed by atoms with Crippen molar-refractivity contribution in [2.75, 3.05) is 19.8 Å². The van der Waals surface area contributed by atoms with E-state index in [1.807, 2.05) is 0 Å². The van der Waals surface area contributed by atoms with Crippen LogP contribution in [0.3, 0.4) is 0 Å². The van der Waals surface area contributed by atoms with Crippen LogP contribution in [0, 0.1) is 0 Å². The molecule has 0 heterocycles. The van der Waals surface area contributed by atoms with Crippen molar-refractivity contribution in [2.45, 2.75) is 97.5 Å². The lowest BCUT2D eigenvalue weighted by Crippen LogP contribution is -2.21. The van der Waals surface area contributed by atoms with Crippen molar-refractivity contribution < 1.29 is 9.47 Å². The zero-order valence-corrected chi connectivity index (χ0v) is 14.3. The highest BCUT2D eigenvalue weighted by Gasteiger charge is 2.08. The predicted octanol–water partition coefficient (Wildman–Crippen LogP) is 5.74. The molecule has 0 rings (SSSR count). The molecular formula is C18H38O2. The predicted molar refractivity (Wildman–Crippen MR) is 88.4 cm³/mol. The Morgan fingerprint density at radius 2 is 1.25 bits per heavy atom. The summed E-state index contributed by atoms with van der Waals surface area (Å²) >= 11 is 0. The van der Waals surface area contributed by atoms with Crippen molar-refractivity contribution >= 4 is 0 Å². The Labute approximate surface area is 127 Å². The Morgan fingerprint density at radius 3 is 1.85 bits per heavy atom. The Hall–Kier alpha value is -0.0800. The molecule has 1 unspecified atom stereocenters. The van der Waals surface area contributed by atoms with Crippen LogP contribution >= 0.6 is 0 Å². The molecule has 0 spiro atoms. The number of ether oxygens (including phenoxy) is 2. The van der Waals surface area contributed by atoms with Gasteiger partial charge < -0.3 is 9.47 Å². The number of unbranched alkanes of at least 4 members (excludes halogenated alkanes) is 7. The maximum absolute atomic E-state index is 5.99. The topological polar surface area (TPSA) is 18.5 Å². The molecule has 0 aliphatic rings. The van der Waals surface area contributed by atoms with Crippen LogP contribution in [0.4, 0.5) is 0 Å². The van der Waals surface area contributed by atoms with E-state index < -0.39 is 0 Å². The first kappa shape index (κ1) is 19.9. The maximum Gasteiger partial charge on any atom is 0.0808 e. The summed E-state index contributed by atoms with van der Waals surface area (Å²) in [5.74, 6) is 0. The third-order valence-electron chi connectivity index (χ3n) is 3.68. The third-order valence-corrected chi connectivity index (χ3v) is 3.68. The lowest BCUT2D eigenvalue weighted by Gasteiger charge is -2.18. The summed E-state index contributed by atoms with van der Waals surface area (Å²) in [4.78, 5) is 0. The summed E-state index contributed by atoms with van der Waals surface area (Å²) < 4.78 is 11.8. The molecule has 0 aromatic carbocycles. The largest absolute Gasteiger partial charge is 0.379 e. The smallest absolute Gasteiger partial charge is 0.0808 e. The summed E-state index contributed by atoms with van der Waals surface area (Å²) in [6, 6.07) is 0. The van der Waals surface area contributed by atoms with Crippen molar-refractivity contribution in [3.05, 3.63) is 0 Å². The molecular weight excluding hydrogens is 248 g/mol. The van der Waals surface area contributed by atoms with Gasteiger partial charge in [0.2, 0.25) is 0 Å². The van der Waals surface area contributed by atoms with E-state index in [0.29, 0.717) is 6.10 Å². The minimum Gasteiger partial charge on any atom is -0.379 e. The molecule has 2 heteroatoms. The first-order valence-electron chi connectivity index (χ1n) is 9.04. The van der Waals surface area contributed by atoms with Crippen LogP contribution in [0.1, 0.15) is 91.4 Å². The van der Waals surface area contributed by atoms with Crippen LogP contribution in [0.5, 0.6) is 0 Å². The molecule has 0 N–H and O–H groups in total. The van der Waals surface area contributed by atoms with Gasteiger partial charge in [0.1, 0.15) is 0 Å². The quantitative estimate of drug-likeness (QED) is 0.337. The van der Waals surface area contributed by atoms with E-state index in [-0.39, 0.29) is 0 Å². The van der Waals surface area contributed by atoms with Gasteiger partial charge >= 0.3 is 0 Å². The fourth-order valence-electron chi connectivity index (χ4n) is 2.27. The second-order valence-corrected chi connectivity index (χ2v) is 5.83. The van der Waals surface area contributed by atoms with E-state index >= 15 is 0 Å². The minimum atomic E-state index is 0.322. The van der Waals surface area contributed by atoms with Gasteiger partial charge in [0.15, 0.2) is 0 Å². The third kappa shape index (κ3) is 14.3. The second kappa shape index (κ2) is 17.0. The molecule has 1 atom stereocenters. The molecule has 0 radical (unpaired) electrons. The summed E-state index contributed by atoms with van der Waals surface area (Å²) in [7, 11) is 0. The first-order valence-corrected chi connectivity index (χ1v) is 9.04. The molecule has 0 amide bonds. The molecule has 20 heavy (non-hydrogen) atoms. The van der Waals surface area contributed by atoms with E-state index in [0.717, 1.165) is 26.2 Å². The monoisotopic (exact) mass is 286 g/mol. The van der Waals surface area contributed by atoms with Crippen molar-refractivity contribution in [2.24, 2.45) is 0 Å². The SMILES string of the molecule is CCCCCCOCC(CCCC)OCCCCCC. The fraction of sp³-hybridized carbons (Fsp3) is 1.00. The van der Waals surface area contributed by atoms with Gasteiger partial charge in [-0.15, -0.1) is 0 Å². The van der Waals surface area contributed by atoms with Gasteiger partial charge in [0.25, 0.3) is 0 Å². The van der Waals surface area contributed by atoms with Crippen molar-refractivity contribution in [3.63, 3.8) is 0 Å². The molecule has 2 nitrogen and oxygen atoms in total. The van der Waals surface area contributed by atoms with Crippen LogP contribution in [-0.2, 0) is 9.47 Å². The highest BCUT2D eigenvalue weighted by molar-refractivity contribution is 4.57. The number of hydrogen-bond acceptors (Lipinski definition) is 2. The lowest BCUT2D eigenvalue weighted by atomic mass is 10.1. The van der Waals surface area contributed by atoms with Crippen LogP contribution in [0.25, 0.3) is 0 Å². The van der Waals surface area contributed by atoms with Gasteiger partial charge in [0.05, 0.1) is 12.7 Å². The van der Waals surface area contributed by atoms with Crippen molar-refractivity contribution in [3.8, 4) is 0 Å². The van der Waals surface area contributed by atoms with Gasteiger partial charge in [-0.1, -0.05) is 72.1 Å². The normalized spacial score (nSPS) is 12.8. The average Bonchev–Trinajstić information content (AvgIpc) is 2.47. The number of rotatable bonds is 16. The van der Waals surface area contributed by atoms with Gasteiger partial charge in [0, 0.05) is 13.2 Å². The molecule has 0 saturated heterocycles. The first-order chi connectivity index (χ1) is 9.85.